The first-order valence-electron chi connectivity index (χ1n) is 19.8. The molecule has 6 amide bonds. The molecule has 0 aromatic heterocycles. The summed E-state index contributed by atoms with van der Waals surface area (Å²) in [6.45, 7) is 10.1. The highest BCUT2D eigenvalue weighted by molar-refractivity contribution is 6.38. The molecule has 58 heavy (non-hydrogen) atoms. The Labute approximate surface area is 337 Å². The van der Waals surface area contributed by atoms with Gasteiger partial charge in [0.2, 0.25) is 29.4 Å². The zero-order valence-corrected chi connectivity index (χ0v) is 34.0. The lowest BCUT2D eigenvalue weighted by Gasteiger charge is -2.35. The molecular weight excluding hydrogens is 754 g/mol. The lowest BCUT2D eigenvalue weighted by atomic mass is 9.83. The second-order valence-corrected chi connectivity index (χ2v) is 16.3. The number of nitrogens with one attached hydrogen (secondary N) is 4. The highest BCUT2D eigenvalue weighted by atomic mass is 19.1. The molecule has 4 rings (SSSR count). The van der Waals surface area contributed by atoms with Gasteiger partial charge in [0.15, 0.2) is 0 Å². The number of likely N-dealkylation sites (tertiary alicyclic amines) is 1. The summed E-state index contributed by atoms with van der Waals surface area (Å²) in [6, 6.07) is 3.31. The van der Waals surface area contributed by atoms with Gasteiger partial charge in [-0.05, 0) is 77.5 Å². The minimum absolute atomic E-state index is 0.0169. The Kier molecular flexibility index (Phi) is 15.6. The first-order chi connectivity index (χ1) is 27.3. The minimum atomic E-state index is -1.34. The van der Waals surface area contributed by atoms with E-state index in [9.17, 15) is 42.3 Å². The van der Waals surface area contributed by atoms with Crippen LogP contribution in [0.2, 0.25) is 0 Å². The fraction of sp³-hybridized carbons (Fsp3) is 0.548. The number of benzene rings is 2. The summed E-state index contributed by atoms with van der Waals surface area (Å²) < 4.78 is 35.5. The van der Waals surface area contributed by atoms with Crippen molar-refractivity contribution in [3.8, 4) is 0 Å². The highest BCUT2D eigenvalue weighted by Crippen LogP contribution is 2.31. The fourth-order valence-corrected chi connectivity index (χ4v) is 7.77. The number of primary amides is 1. The van der Waals surface area contributed by atoms with Gasteiger partial charge in [-0.1, -0.05) is 68.0 Å². The van der Waals surface area contributed by atoms with Crippen LogP contribution in [0.1, 0.15) is 112 Å². The quantitative estimate of drug-likeness (QED) is 0.159. The van der Waals surface area contributed by atoms with E-state index < -0.39 is 101 Å². The molecule has 0 bridgehead atoms. The number of aryl methyl sites for hydroxylation is 2. The molecule has 1 aliphatic heterocycles. The maximum atomic E-state index is 14.7. The zero-order chi connectivity index (χ0) is 42.9. The number of carbonyl (C=O) groups is 7. The number of Topliss-reactive ketones (excluding diaryl/α,β-unsaturated/α-hetero) is 1. The van der Waals surface area contributed by atoms with E-state index in [1.165, 1.54) is 4.90 Å². The third-order valence-electron chi connectivity index (χ3n) is 10.2. The molecule has 316 valence electrons. The van der Waals surface area contributed by atoms with Crippen molar-refractivity contribution in [3.05, 3.63) is 70.3 Å². The third kappa shape index (κ3) is 12.1. The lowest BCUT2D eigenvalue weighted by molar-refractivity contribution is -0.143. The van der Waals surface area contributed by atoms with E-state index in [2.05, 4.69) is 21.3 Å². The number of carbonyl (C=O) groups excluding carboxylic acids is 7. The Morgan fingerprint density at radius 1 is 0.914 bits per heavy atom. The Balaban J connectivity index is 1.51. The fourth-order valence-electron chi connectivity index (χ4n) is 7.77. The van der Waals surface area contributed by atoms with Crippen LogP contribution in [0.3, 0.4) is 0 Å². The molecular formula is C42H56F2N6O8. The normalized spacial score (nSPS) is 18.7. The third-order valence-corrected chi connectivity index (χ3v) is 10.2. The van der Waals surface area contributed by atoms with Crippen molar-refractivity contribution in [2.75, 3.05) is 13.1 Å². The Hall–Kier alpha value is -5.25. The van der Waals surface area contributed by atoms with E-state index >= 15 is 0 Å². The molecule has 0 spiro atoms. The van der Waals surface area contributed by atoms with Gasteiger partial charge in [-0.25, -0.2) is 8.78 Å². The molecule has 2 aliphatic rings. The monoisotopic (exact) mass is 810 g/mol. The lowest BCUT2D eigenvalue weighted by Crippen LogP contribution is -2.58. The van der Waals surface area contributed by atoms with Crippen molar-refractivity contribution in [2.24, 2.45) is 11.7 Å². The largest absolute Gasteiger partial charge is 0.371 e. The van der Waals surface area contributed by atoms with Crippen molar-refractivity contribution >= 4 is 41.2 Å². The van der Waals surface area contributed by atoms with E-state index in [1.807, 2.05) is 40.7 Å². The van der Waals surface area contributed by atoms with E-state index in [0.29, 0.717) is 24.8 Å². The molecule has 6 N–H and O–H groups in total. The summed E-state index contributed by atoms with van der Waals surface area (Å²) in [6.07, 6.45) is 3.34. The molecule has 2 fully saturated rings. The van der Waals surface area contributed by atoms with Gasteiger partial charge in [-0.2, -0.15) is 0 Å². The maximum Gasteiger partial charge on any atom is 0.290 e. The summed E-state index contributed by atoms with van der Waals surface area (Å²) in [5.41, 5.74) is 6.19. The second kappa shape index (κ2) is 19.9. The first kappa shape index (κ1) is 45.5. The number of nitrogens with two attached hydrogens (primary N) is 1. The summed E-state index contributed by atoms with van der Waals surface area (Å²) >= 11 is 0. The SMILES string of the molecule is CCCC(NC(=O)C1CC(OC(C)(C)C)CN1C(=O)C(NC(=O)c1c(F)cccc1F)C1CCCCC1)C(=O)C(=O)NCC(=O)NC(C(N)=O)c1cc(C)cc(C)c1. The molecule has 2 aromatic rings. The van der Waals surface area contributed by atoms with Crippen LogP contribution in [0.4, 0.5) is 8.78 Å². The van der Waals surface area contributed by atoms with Crippen molar-refractivity contribution in [1.29, 1.82) is 0 Å². The van der Waals surface area contributed by atoms with Crippen LogP contribution in [-0.4, -0.2) is 89.0 Å². The highest BCUT2D eigenvalue weighted by Gasteiger charge is 2.46. The number of halogens is 2. The molecule has 14 nitrogen and oxygen atoms in total. The van der Waals surface area contributed by atoms with Crippen LogP contribution in [0.5, 0.6) is 0 Å². The van der Waals surface area contributed by atoms with Gasteiger partial charge < -0.3 is 36.6 Å². The number of ether oxygens (including phenoxy) is 1. The average Bonchev–Trinajstić information content (AvgIpc) is 3.56. The van der Waals surface area contributed by atoms with Crippen LogP contribution >= 0.6 is 0 Å². The van der Waals surface area contributed by atoms with Gasteiger partial charge in [-0.3, -0.25) is 33.6 Å². The van der Waals surface area contributed by atoms with Crippen molar-refractivity contribution in [3.63, 3.8) is 0 Å². The molecule has 5 atom stereocenters. The molecule has 1 saturated heterocycles. The Morgan fingerprint density at radius 3 is 2.10 bits per heavy atom. The van der Waals surface area contributed by atoms with Gasteiger partial charge in [0.25, 0.3) is 11.8 Å². The number of hydrogen-bond donors (Lipinski definition) is 5. The Morgan fingerprint density at radius 2 is 1.53 bits per heavy atom. The summed E-state index contributed by atoms with van der Waals surface area (Å²) in [5, 5.41) is 9.94. The van der Waals surface area contributed by atoms with Crippen LogP contribution in [0.15, 0.2) is 36.4 Å². The zero-order valence-electron chi connectivity index (χ0n) is 34.0. The average molecular weight is 811 g/mol. The van der Waals surface area contributed by atoms with Crippen LogP contribution in [-0.2, 0) is 33.5 Å². The molecule has 16 heteroatoms. The maximum absolute atomic E-state index is 14.7. The van der Waals surface area contributed by atoms with Gasteiger partial charge in [-0.15, -0.1) is 0 Å². The second-order valence-electron chi connectivity index (χ2n) is 16.3. The number of amides is 6. The predicted molar refractivity (Wildman–Crippen MR) is 210 cm³/mol. The van der Waals surface area contributed by atoms with Crippen LogP contribution in [0, 0.1) is 31.4 Å². The van der Waals surface area contributed by atoms with E-state index in [1.54, 1.807) is 19.1 Å². The van der Waals surface area contributed by atoms with Crippen LogP contribution in [0.25, 0.3) is 0 Å². The summed E-state index contributed by atoms with van der Waals surface area (Å²) in [5.74, 6) is -8.89. The predicted octanol–water partition coefficient (Wildman–Crippen LogP) is 3.36. The van der Waals surface area contributed by atoms with Gasteiger partial charge in [0.05, 0.1) is 24.3 Å². The van der Waals surface area contributed by atoms with Crippen LogP contribution < -0.4 is 27.0 Å². The number of hydrogen-bond acceptors (Lipinski definition) is 8. The molecule has 1 aliphatic carbocycles. The molecule has 1 heterocycles. The standard InChI is InChI=1S/C42H56F2N6O8/c1-7-12-30(36(52)40(56)46-21-32(51)48-34(37(45)53)26-18-23(2)17-24(3)19-26)47-38(54)31-20-27(58-42(4,5)6)22-50(31)41(57)35(25-13-9-8-10-14-25)49-39(55)33-28(43)15-11-16-29(33)44/h11,15-19,25,27,30-31,34-35H,7-10,12-14,20-22H2,1-6H3,(H2,45,53)(H,46,56)(H,47,54)(H,48,51)(H,49,55). The molecule has 2 aromatic carbocycles. The molecule has 0 radical (unpaired) electrons. The minimum Gasteiger partial charge on any atom is -0.371 e. The smallest absolute Gasteiger partial charge is 0.290 e. The van der Waals surface area contributed by atoms with E-state index in [-0.39, 0.29) is 25.3 Å². The van der Waals surface area contributed by atoms with Crippen molar-refractivity contribution in [2.45, 2.75) is 129 Å². The summed E-state index contributed by atoms with van der Waals surface area (Å²) in [7, 11) is 0. The van der Waals surface area contributed by atoms with Gasteiger partial charge in [0, 0.05) is 13.0 Å². The number of rotatable bonds is 16. The summed E-state index contributed by atoms with van der Waals surface area (Å²) in [4.78, 5) is 94.9. The topological polar surface area (TPSA) is 206 Å². The van der Waals surface area contributed by atoms with E-state index in [0.717, 1.165) is 48.6 Å². The van der Waals surface area contributed by atoms with Gasteiger partial charge >= 0.3 is 0 Å². The Bertz CT molecular complexity index is 1840. The van der Waals surface area contributed by atoms with Crippen molar-refractivity contribution < 1.29 is 47.1 Å². The molecule has 1 saturated carbocycles. The van der Waals surface area contributed by atoms with Gasteiger partial charge in [0.1, 0.15) is 35.3 Å². The molecule has 5 unspecified atom stereocenters. The van der Waals surface area contributed by atoms with E-state index in [4.69, 9.17) is 10.5 Å². The van der Waals surface area contributed by atoms with Crippen molar-refractivity contribution in [1.82, 2.24) is 26.2 Å². The number of ketones is 1. The first-order valence-corrected chi connectivity index (χ1v) is 19.8. The number of nitrogens with zero attached hydrogens (tertiary/aromatic N) is 1.